The highest BCUT2D eigenvalue weighted by Gasteiger charge is 2.44. The van der Waals surface area contributed by atoms with E-state index in [0.29, 0.717) is 19.1 Å². The van der Waals surface area contributed by atoms with Gasteiger partial charge in [-0.15, -0.1) is 11.3 Å². The van der Waals surface area contributed by atoms with Crippen molar-refractivity contribution in [1.29, 1.82) is 0 Å². The Morgan fingerprint density at radius 1 is 1.48 bits per heavy atom. The second-order valence-electron chi connectivity index (χ2n) is 9.00. The Morgan fingerprint density at radius 3 is 3.06 bits per heavy atom. The van der Waals surface area contributed by atoms with E-state index in [1.54, 1.807) is 6.21 Å². The molecule has 172 valence electrons. The molecule has 1 aromatic rings. The standard InChI is InChI=1S/C23H36N4O3S/c1-3-18-11-19-22(31-18)6-10-30-23(19)7-8-27(16(2)12-23)15-17(26-24)13-25-14-20(28)21-5-4-9-29-21/h11,13,16,20-21,28H,3-10,12,14-15,24H2,1-2H3/b25-13?,26-17+/t16-,20?,21?,23+/m0/s1. The summed E-state index contributed by atoms with van der Waals surface area (Å²) in [5.74, 6) is 5.65. The van der Waals surface area contributed by atoms with E-state index in [2.05, 4.69) is 34.9 Å². The number of likely N-dealkylation sites (tertiary alicyclic amines) is 1. The Bertz CT molecular complexity index is 805. The number of fused-ring (bicyclic) bond motifs is 2. The van der Waals surface area contributed by atoms with Crippen molar-refractivity contribution in [3.8, 4) is 0 Å². The van der Waals surface area contributed by atoms with Crippen LogP contribution in [-0.2, 0) is 27.9 Å². The molecule has 4 atom stereocenters. The smallest absolute Gasteiger partial charge is 0.0996 e. The first-order valence-electron chi connectivity index (χ1n) is 11.6. The molecule has 1 aromatic heterocycles. The monoisotopic (exact) mass is 448 g/mol. The fourth-order valence-electron chi connectivity index (χ4n) is 5.12. The van der Waals surface area contributed by atoms with Crippen molar-refractivity contribution in [2.45, 2.75) is 76.2 Å². The van der Waals surface area contributed by atoms with E-state index in [-0.39, 0.29) is 11.7 Å². The summed E-state index contributed by atoms with van der Waals surface area (Å²) in [6, 6.07) is 2.74. The lowest BCUT2D eigenvalue weighted by molar-refractivity contribution is -0.108. The van der Waals surface area contributed by atoms with E-state index in [4.69, 9.17) is 15.3 Å². The van der Waals surface area contributed by atoms with Gasteiger partial charge in [0.1, 0.15) is 0 Å². The van der Waals surface area contributed by atoms with E-state index >= 15 is 0 Å². The first kappa shape index (κ1) is 22.9. The Morgan fingerprint density at radius 2 is 2.35 bits per heavy atom. The molecule has 7 nitrogen and oxygen atoms in total. The van der Waals surface area contributed by atoms with Crippen LogP contribution in [0.25, 0.3) is 0 Å². The maximum Gasteiger partial charge on any atom is 0.0996 e. The van der Waals surface area contributed by atoms with Gasteiger partial charge in [0.15, 0.2) is 0 Å². The molecule has 3 N–H and O–H groups in total. The van der Waals surface area contributed by atoms with Crippen molar-refractivity contribution in [1.82, 2.24) is 4.90 Å². The summed E-state index contributed by atoms with van der Waals surface area (Å²) >= 11 is 1.96. The molecule has 4 rings (SSSR count). The highest BCUT2D eigenvalue weighted by molar-refractivity contribution is 7.12. The Balaban J connectivity index is 1.35. The summed E-state index contributed by atoms with van der Waals surface area (Å²) in [4.78, 5) is 9.77. The first-order chi connectivity index (χ1) is 15.0. The molecule has 31 heavy (non-hydrogen) atoms. The van der Waals surface area contributed by atoms with Crippen molar-refractivity contribution in [2.75, 3.05) is 32.8 Å². The summed E-state index contributed by atoms with van der Waals surface area (Å²) in [6.45, 7) is 7.94. The van der Waals surface area contributed by atoms with Crippen LogP contribution >= 0.6 is 11.3 Å². The van der Waals surface area contributed by atoms with Gasteiger partial charge in [0.2, 0.25) is 0 Å². The first-order valence-corrected chi connectivity index (χ1v) is 12.4. The van der Waals surface area contributed by atoms with E-state index in [0.717, 1.165) is 64.0 Å². The predicted molar refractivity (Wildman–Crippen MR) is 125 cm³/mol. The summed E-state index contributed by atoms with van der Waals surface area (Å²) < 4.78 is 12.0. The third-order valence-corrected chi connectivity index (χ3v) is 8.26. The quantitative estimate of drug-likeness (QED) is 0.380. The number of nitrogens with zero attached hydrogens (tertiary/aromatic N) is 3. The van der Waals surface area contributed by atoms with Gasteiger partial charge in [-0.2, -0.15) is 5.10 Å². The number of ether oxygens (including phenoxy) is 2. The third kappa shape index (κ3) is 5.03. The zero-order valence-corrected chi connectivity index (χ0v) is 19.6. The lowest BCUT2D eigenvalue weighted by Gasteiger charge is -2.47. The molecular weight excluding hydrogens is 412 g/mol. The molecule has 0 aromatic carbocycles. The molecule has 0 amide bonds. The van der Waals surface area contributed by atoms with Gasteiger partial charge < -0.3 is 20.4 Å². The van der Waals surface area contributed by atoms with Crippen LogP contribution in [0.1, 0.15) is 54.8 Å². The predicted octanol–water partition coefficient (Wildman–Crippen LogP) is 2.49. The van der Waals surface area contributed by atoms with Gasteiger partial charge in [0, 0.05) is 48.1 Å². The van der Waals surface area contributed by atoms with Crippen molar-refractivity contribution in [2.24, 2.45) is 15.9 Å². The fraction of sp³-hybridized carbons (Fsp3) is 0.739. The van der Waals surface area contributed by atoms with Crippen LogP contribution in [0.4, 0.5) is 0 Å². The minimum Gasteiger partial charge on any atom is -0.388 e. The fourth-order valence-corrected chi connectivity index (χ4v) is 6.30. The SMILES string of the molecule is CCc1cc2c(s1)CCO[C@@]21CCN(C/C(C=NCC(O)C2CCCO2)=N/N)[C@@H](C)C1. The van der Waals surface area contributed by atoms with E-state index < -0.39 is 6.10 Å². The number of aryl methyl sites for hydroxylation is 1. The van der Waals surface area contributed by atoms with Crippen molar-refractivity contribution < 1.29 is 14.6 Å². The number of piperidine rings is 1. The molecule has 0 bridgehead atoms. The average Bonchev–Trinajstić information content (AvgIpc) is 3.45. The number of thiophene rings is 1. The topological polar surface area (TPSA) is 92.7 Å². The molecule has 3 aliphatic heterocycles. The maximum absolute atomic E-state index is 10.2. The number of rotatable bonds is 7. The molecule has 0 saturated carbocycles. The summed E-state index contributed by atoms with van der Waals surface area (Å²) in [6.07, 6.45) is 7.04. The third-order valence-electron chi connectivity index (χ3n) is 6.92. The van der Waals surface area contributed by atoms with E-state index in [1.807, 2.05) is 11.3 Å². The van der Waals surface area contributed by atoms with Crippen LogP contribution in [0.2, 0.25) is 0 Å². The average molecular weight is 449 g/mol. The molecule has 2 fully saturated rings. The summed E-state index contributed by atoms with van der Waals surface area (Å²) in [5, 5.41) is 14.2. The molecular formula is C23H36N4O3S. The molecule has 8 heteroatoms. The molecule has 3 aliphatic rings. The lowest BCUT2D eigenvalue weighted by Crippen LogP contribution is -2.51. The largest absolute Gasteiger partial charge is 0.388 e. The van der Waals surface area contributed by atoms with Crippen LogP contribution in [0.3, 0.4) is 0 Å². The molecule has 2 unspecified atom stereocenters. The van der Waals surface area contributed by atoms with E-state index in [1.165, 1.54) is 15.3 Å². The van der Waals surface area contributed by atoms with Gasteiger partial charge in [-0.05, 0) is 50.7 Å². The van der Waals surface area contributed by atoms with Crippen LogP contribution in [0, 0.1) is 0 Å². The lowest BCUT2D eigenvalue weighted by atomic mass is 9.79. The highest BCUT2D eigenvalue weighted by atomic mass is 32.1. The highest BCUT2D eigenvalue weighted by Crippen LogP contribution is 2.46. The van der Waals surface area contributed by atoms with Gasteiger partial charge in [0.25, 0.3) is 0 Å². The van der Waals surface area contributed by atoms with Gasteiger partial charge in [-0.1, -0.05) is 6.92 Å². The van der Waals surface area contributed by atoms with Crippen molar-refractivity contribution in [3.63, 3.8) is 0 Å². The summed E-state index contributed by atoms with van der Waals surface area (Å²) in [5.41, 5.74) is 2.02. The van der Waals surface area contributed by atoms with E-state index in [9.17, 15) is 5.11 Å². The zero-order chi connectivity index (χ0) is 21.8. The Hall–Kier alpha value is -1.32. The van der Waals surface area contributed by atoms with Gasteiger partial charge in [-0.25, -0.2) is 0 Å². The van der Waals surface area contributed by atoms with Crippen molar-refractivity contribution in [3.05, 3.63) is 21.4 Å². The Kier molecular flexibility index (Phi) is 7.44. The number of hydrogen-bond acceptors (Lipinski definition) is 8. The van der Waals surface area contributed by atoms with Crippen LogP contribution < -0.4 is 5.84 Å². The molecule has 0 aliphatic carbocycles. The van der Waals surface area contributed by atoms with Gasteiger partial charge in [-0.3, -0.25) is 9.89 Å². The number of hydrogen-bond donors (Lipinski definition) is 2. The van der Waals surface area contributed by atoms with Gasteiger partial charge >= 0.3 is 0 Å². The van der Waals surface area contributed by atoms with Crippen LogP contribution in [0.5, 0.6) is 0 Å². The number of nitrogens with two attached hydrogens (primary N) is 1. The molecule has 4 heterocycles. The number of aliphatic hydroxyl groups is 1. The summed E-state index contributed by atoms with van der Waals surface area (Å²) in [7, 11) is 0. The molecule has 2 saturated heterocycles. The molecule has 1 spiro atoms. The number of aliphatic hydroxyl groups excluding tert-OH is 1. The number of aliphatic imine (C=N–C) groups is 1. The second-order valence-corrected chi connectivity index (χ2v) is 10.2. The Labute approximate surface area is 189 Å². The van der Waals surface area contributed by atoms with Crippen LogP contribution in [-0.4, -0.2) is 73.0 Å². The normalized spacial score (nSPS) is 30.9. The number of hydrazone groups is 1. The minimum absolute atomic E-state index is 0.0977. The maximum atomic E-state index is 10.2. The van der Waals surface area contributed by atoms with Crippen LogP contribution in [0.15, 0.2) is 16.2 Å². The van der Waals surface area contributed by atoms with Gasteiger partial charge in [0.05, 0.1) is 36.7 Å². The van der Waals surface area contributed by atoms with Crippen molar-refractivity contribution >= 4 is 23.3 Å². The molecule has 0 radical (unpaired) electrons. The minimum atomic E-state index is -0.567. The zero-order valence-electron chi connectivity index (χ0n) is 18.8. The second kappa shape index (κ2) is 10.1.